The average molecular weight is 506 g/mol. The third-order valence-corrected chi connectivity index (χ3v) is 6.17. The molecule has 0 amide bonds. The Morgan fingerprint density at radius 1 is 1.11 bits per heavy atom. The van der Waals surface area contributed by atoms with E-state index in [0.29, 0.717) is 30.7 Å². The van der Waals surface area contributed by atoms with Crippen LogP contribution in [0.3, 0.4) is 0 Å². The number of aryl methyl sites for hydroxylation is 1. The average Bonchev–Trinajstić information content (AvgIpc) is 3.51. The van der Waals surface area contributed by atoms with Crippen molar-refractivity contribution in [2.75, 3.05) is 18.0 Å². The Balaban J connectivity index is 1.28. The minimum absolute atomic E-state index is 0.0340. The lowest BCUT2D eigenvalue weighted by Crippen LogP contribution is -2.33. The first-order chi connectivity index (χ1) is 17.8. The van der Waals surface area contributed by atoms with Crippen molar-refractivity contribution in [2.45, 2.75) is 39.3 Å². The van der Waals surface area contributed by atoms with Crippen molar-refractivity contribution < 1.29 is 18.0 Å². The molecule has 11 heteroatoms. The highest BCUT2D eigenvalue weighted by Crippen LogP contribution is 2.27. The Morgan fingerprint density at radius 3 is 2.57 bits per heavy atom. The lowest BCUT2D eigenvalue weighted by Gasteiger charge is -2.31. The van der Waals surface area contributed by atoms with Gasteiger partial charge in [-0.25, -0.2) is 9.67 Å². The van der Waals surface area contributed by atoms with Gasteiger partial charge in [0.25, 0.3) is 5.89 Å². The van der Waals surface area contributed by atoms with Crippen molar-refractivity contribution in [3.8, 4) is 34.9 Å². The number of halogens is 2. The number of hydrogen-bond donors (Lipinski definition) is 0. The molecule has 0 saturated carbocycles. The van der Waals surface area contributed by atoms with Gasteiger partial charge in [0.2, 0.25) is 11.6 Å². The molecule has 9 nitrogen and oxygen atoms in total. The molecule has 0 N–H and O–H groups in total. The van der Waals surface area contributed by atoms with E-state index < -0.39 is 6.11 Å². The van der Waals surface area contributed by atoms with E-state index in [1.807, 2.05) is 19.1 Å². The number of ether oxygens (including phenoxy) is 1. The summed E-state index contributed by atoms with van der Waals surface area (Å²) in [6.07, 6.45) is -1.50. The fraction of sp³-hybridized carbons (Fsp3) is 0.346. The first kappa shape index (κ1) is 24.4. The van der Waals surface area contributed by atoms with E-state index in [4.69, 9.17) is 9.78 Å². The van der Waals surface area contributed by atoms with Crippen LogP contribution in [0.5, 0.6) is 5.75 Å². The van der Waals surface area contributed by atoms with Gasteiger partial charge in [-0.05, 0) is 61.7 Å². The number of alkyl halides is 2. The summed E-state index contributed by atoms with van der Waals surface area (Å²) in [6, 6.07) is 16.6. The number of benzene rings is 2. The summed E-state index contributed by atoms with van der Waals surface area (Å²) in [7, 11) is 0. The molecule has 0 aliphatic carbocycles. The first-order valence-electron chi connectivity index (χ1n) is 11.9. The number of anilines is 1. The van der Waals surface area contributed by atoms with Gasteiger partial charge < -0.3 is 14.2 Å². The highest BCUT2D eigenvalue weighted by Gasteiger charge is 2.23. The molecule has 2 aromatic heterocycles. The molecule has 0 radical (unpaired) electrons. The lowest BCUT2D eigenvalue weighted by molar-refractivity contribution is -0.158. The number of nitrogens with zero attached hydrogens (tertiary/aromatic N) is 7. The fourth-order valence-electron chi connectivity index (χ4n) is 4.26. The maximum atomic E-state index is 13.0. The zero-order valence-corrected chi connectivity index (χ0v) is 20.4. The van der Waals surface area contributed by atoms with Gasteiger partial charge in [0, 0.05) is 37.2 Å². The van der Waals surface area contributed by atoms with Crippen LogP contribution in [0.15, 0.2) is 53.1 Å². The maximum Gasteiger partial charge on any atom is 0.394 e. The topological polar surface area (TPSA) is 106 Å². The standard InChI is InChI=1S/C26H25F2N7O2/c1-17-30-24(25-31-23(33-37-25)20-6-8-22(9-7-20)36-26(2,27)28)32-35(17)16-19-4-3-5-21(14-19)34-12-10-18(15-29)11-13-34/h3-9,14,18H,10-13,16H2,1-2H3. The van der Waals surface area contributed by atoms with E-state index in [2.05, 4.69) is 48.1 Å². The van der Waals surface area contributed by atoms with Gasteiger partial charge in [0.1, 0.15) is 11.6 Å². The summed E-state index contributed by atoms with van der Waals surface area (Å²) in [4.78, 5) is 11.2. The van der Waals surface area contributed by atoms with E-state index in [-0.39, 0.29) is 23.4 Å². The van der Waals surface area contributed by atoms with Crippen LogP contribution >= 0.6 is 0 Å². The second-order valence-corrected chi connectivity index (χ2v) is 9.06. The molecular formula is C26H25F2N7O2. The third kappa shape index (κ3) is 5.74. The predicted molar refractivity (Wildman–Crippen MR) is 131 cm³/mol. The Hall–Kier alpha value is -4.33. The SMILES string of the molecule is Cc1nc(-c2nc(-c3ccc(OC(C)(F)F)cc3)no2)nn1Cc1cccc(N2CCC(C#N)CC2)c1. The van der Waals surface area contributed by atoms with Crippen LogP contribution < -0.4 is 9.64 Å². The van der Waals surface area contributed by atoms with Crippen molar-refractivity contribution in [1.29, 1.82) is 5.26 Å². The summed E-state index contributed by atoms with van der Waals surface area (Å²) in [5, 5.41) is 17.7. The van der Waals surface area contributed by atoms with Gasteiger partial charge >= 0.3 is 6.11 Å². The molecule has 4 aromatic rings. The summed E-state index contributed by atoms with van der Waals surface area (Å²) in [6.45, 7) is 4.79. The second-order valence-electron chi connectivity index (χ2n) is 9.06. The summed E-state index contributed by atoms with van der Waals surface area (Å²) in [5.41, 5.74) is 2.78. The van der Waals surface area contributed by atoms with Crippen LogP contribution in [0, 0.1) is 24.2 Å². The molecule has 1 aliphatic rings. The van der Waals surface area contributed by atoms with E-state index >= 15 is 0 Å². The highest BCUT2D eigenvalue weighted by atomic mass is 19.3. The molecule has 3 heterocycles. The van der Waals surface area contributed by atoms with Crippen LogP contribution in [0.1, 0.15) is 31.2 Å². The molecule has 0 spiro atoms. The van der Waals surface area contributed by atoms with Crippen LogP contribution in [-0.2, 0) is 6.54 Å². The number of piperidine rings is 1. The normalized spacial score (nSPS) is 14.5. The molecule has 1 fully saturated rings. The summed E-state index contributed by atoms with van der Waals surface area (Å²) in [5.74, 6) is 1.61. The third-order valence-electron chi connectivity index (χ3n) is 6.17. The monoisotopic (exact) mass is 505 g/mol. The van der Waals surface area contributed by atoms with Gasteiger partial charge in [0.05, 0.1) is 12.6 Å². The number of nitriles is 1. The molecule has 0 bridgehead atoms. The Kier molecular flexibility index (Phi) is 6.56. The van der Waals surface area contributed by atoms with Crippen molar-refractivity contribution in [2.24, 2.45) is 5.92 Å². The molecule has 1 saturated heterocycles. The lowest BCUT2D eigenvalue weighted by atomic mass is 9.98. The molecular weight excluding hydrogens is 480 g/mol. The van der Waals surface area contributed by atoms with Crippen LogP contribution in [0.25, 0.3) is 23.1 Å². The van der Waals surface area contributed by atoms with Gasteiger partial charge in [0.15, 0.2) is 0 Å². The van der Waals surface area contributed by atoms with E-state index in [0.717, 1.165) is 37.2 Å². The Bertz CT molecular complexity index is 1410. The maximum absolute atomic E-state index is 13.0. The zero-order valence-electron chi connectivity index (χ0n) is 20.4. The van der Waals surface area contributed by atoms with Crippen LogP contribution in [0.4, 0.5) is 14.5 Å². The Morgan fingerprint density at radius 2 is 1.86 bits per heavy atom. The van der Waals surface area contributed by atoms with Crippen LogP contribution in [-0.4, -0.2) is 44.1 Å². The van der Waals surface area contributed by atoms with Crippen molar-refractivity contribution >= 4 is 5.69 Å². The van der Waals surface area contributed by atoms with Crippen molar-refractivity contribution in [3.63, 3.8) is 0 Å². The van der Waals surface area contributed by atoms with Gasteiger partial charge in [-0.3, -0.25) is 0 Å². The number of hydrogen-bond acceptors (Lipinski definition) is 8. The Labute approximate surface area is 212 Å². The van der Waals surface area contributed by atoms with E-state index in [9.17, 15) is 8.78 Å². The molecule has 5 rings (SSSR count). The summed E-state index contributed by atoms with van der Waals surface area (Å²) < 4.78 is 37.8. The number of aromatic nitrogens is 5. The van der Waals surface area contributed by atoms with E-state index in [1.165, 1.54) is 12.1 Å². The zero-order chi connectivity index (χ0) is 26.0. The van der Waals surface area contributed by atoms with Gasteiger partial charge in [-0.1, -0.05) is 17.3 Å². The molecule has 1 aliphatic heterocycles. The first-order valence-corrected chi connectivity index (χ1v) is 11.9. The predicted octanol–water partition coefficient (Wildman–Crippen LogP) is 5.08. The molecule has 37 heavy (non-hydrogen) atoms. The van der Waals surface area contributed by atoms with Gasteiger partial charge in [-0.2, -0.15) is 19.0 Å². The minimum atomic E-state index is -3.26. The smallest absolute Gasteiger partial charge is 0.394 e. The highest BCUT2D eigenvalue weighted by molar-refractivity contribution is 5.58. The van der Waals surface area contributed by atoms with Crippen molar-refractivity contribution in [3.05, 3.63) is 59.9 Å². The van der Waals surface area contributed by atoms with Crippen molar-refractivity contribution in [1.82, 2.24) is 24.9 Å². The number of rotatable bonds is 7. The van der Waals surface area contributed by atoms with Crippen LogP contribution in [0.2, 0.25) is 0 Å². The molecule has 2 aromatic carbocycles. The summed E-state index contributed by atoms with van der Waals surface area (Å²) >= 11 is 0. The van der Waals surface area contributed by atoms with E-state index in [1.54, 1.807) is 16.8 Å². The quantitative estimate of drug-likeness (QED) is 0.342. The fourth-order valence-corrected chi connectivity index (χ4v) is 4.26. The minimum Gasteiger partial charge on any atom is -0.433 e. The van der Waals surface area contributed by atoms with Gasteiger partial charge in [-0.15, -0.1) is 5.10 Å². The molecule has 0 atom stereocenters. The molecule has 190 valence electrons. The largest absolute Gasteiger partial charge is 0.433 e. The molecule has 0 unspecified atom stereocenters. The second kappa shape index (κ2) is 9.97.